The van der Waals surface area contributed by atoms with Crippen molar-refractivity contribution in [2.75, 3.05) is 44.2 Å². The van der Waals surface area contributed by atoms with Gasteiger partial charge in [0.05, 0.1) is 0 Å². The fourth-order valence-electron chi connectivity index (χ4n) is 3.82. The number of hydrogen-bond acceptors (Lipinski definition) is 3. The van der Waals surface area contributed by atoms with Crippen LogP contribution in [0.5, 0.6) is 0 Å². The summed E-state index contributed by atoms with van der Waals surface area (Å²) in [5, 5.41) is 0. The predicted molar refractivity (Wildman–Crippen MR) is 111 cm³/mol. The summed E-state index contributed by atoms with van der Waals surface area (Å²) in [6.45, 7) is 11.9. The van der Waals surface area contributed by atoms with Crippen molar-refractivity contribution >= 4 is 15.8 Å². The maximum atomic E-state index is 12.6. The smallest absolute Gasteiger partial charge is 0.274 e. The number of piperazine rings is 1. The predicted octanol–water partition coefficient (Wildman–Crippen LogP) is 0.745. The van der Waals surface area contributed by atoms with Crippen LogP contribution in [0.1, 0.15) is 25.0 Å². The minimum absolute atomic E-state index is 0.323. The van der Waals surface area contributed by atoms with Crippen LogP contribution < -0.4 is 14.8 Å². The number of pyridine rings is 1. The van der Waals surface area contributed by atoms with E-state index in [4.69, 9.17) is 0 Å². The van der Waals surface area contributed by atoms with Crippen molar-refractivity contribution in [3.8, 4) is 0 Å². The Kier molecular flexibility index (Phi) is 6.69. The van der Waals surface area contributed by atoms with E-state index >= 15 is 0 Å². The van der Waals surface area contributed by atoms with E-state index in [0.717, 1.165) is 38.5 Å². The van der Waals surface area contributed by atoms with Crippen LogP contribution in [-0.4, -0.2) is 52.0 Å². The molecule has 1 fully saturated rings. The summed E-state index contributed by atoms with van der Waals surface area (Å²) in [4.78, 5) is 7.41. The Bertz CT molecular complexity index is 872. The van der Waals surface area contributed by atoms with E-state index in [1.807, 2.05) is 19.9 Å². The summed E-state index contributed by atoms with van der Waals surface area (Å²) in [5.74, 6) is 0.980. The Labute approximate surface area is 168 Å². The molecule has 1 saturated heterocycles. The topological polar surface area (TPSA) is 59.2 Å². The number of aromatic nitrogens is 1. The Morgan fingerprint density at radius 2 is 1.82 bits per heavy atom. The summed E-state index contributed by atoms with van der Waals surface area (Å²) < 4.78 is 26.7. The lowest BCUT2D eigenvalue weighted by molar-refractivity contribution is -0.914. The summed E-state index contributed by atoms with van der Waals surface area (Å²) in [5.41, 5.74) is 2.70. The van der Waals surface area contributed by atoms with Crippen molar-refractivity contribution < 1.29 is 18.3 Å². The van der Waals surface area contributed by atoms with Gasteiger partial charge in [0.2, 0.25) is 10.0 Å². The Hall–Kier alpha value is -1.96. The second-order valence-electron chi connectivity index (χ2n) is 7.40. The molecule has 152 valence electrons. The van der Waals surface area contributed by atoms with Gasteiger partial charge in [-0.15, -0.1) is 0 Å². The van der Waals surface area contributed by atoms with Gasteiger partial charge in [0, 0.05) is 24.7 Å². The quantitative estimate of drug-likeness (QED) is 0.741. The lowest BCUT2D eigenvalue weighted by Crippen LogP contribution is -3.13. The lowest BCUT2D eigenvalue weighted by Gasteiger charge is -2.28. The maximum Gasteiger partial charge on any atom is 0.274 e. The zero-order valence-corrected chi connectivity index (χ0v) is 17.9. The number of aromatic amines is 1. The Morgan fingerprint density at radius 3 is 2.39 bits per heavy atom. The molecule has 0 amide bonds. The Balaban J connectivity index is 1.60. The average molecular weight is 405 g/mol. The molecule has 0 atom stereocenters. The highest BCUT2D eigenvalue weighted by molar-refractivity contribution is 7.89. The number of anilines is 1. The maximum absolute atomic E-state index is 12.6. The number of aryl methyl sites for hydroxylation is 1. The molecule has 1 aliphatic rings. The van der Waals surface area contributed by atoms with Crippen molar-refractivity contribution in [2.45, 2.75) is 32.2 Å². The van der Waals surface area contributed by atoms with Gasteiger partial charge < -0.3 is 4.90 Å². The molecule has 28 heavy (non-hydrogen) atoms. The molecule has 0 unspecified atom stereocenters. The molecule has 2 N–H and O–H groups in total. The number of H-pyrrole nitrogens is 1. The summed E-state index contributed by atoms with van der Waals surface area (Å²) in [6, 6.07) is 12.3. The SMILES string of the molecule is CCN(CC)S(=O)(=O)c1ccc(N2CC[NH+](Cc3cccc(C)c3)CC2)[nH+]c1. The number of sulfonamides is 1. The lowest BCUT2D eigenvalue weighted by atomic mass is 10.1. The summed E-state index contributed by atoms with van der Waals surface area (Å²) in [6.07, 6.45) is 1.62. The zero-order chi connectivity index (χ0) is 20.1. The second-order valence-corrected chi connectivity index (χ2v) is 9.34. The molecule has 0 bridgehead atoms. The Morgan fingerprint density at radius 1 is 1.11 bits per heavy atom. The molecule has 1 aliphatic heterocycles. The molecular formula is C21H32N4O2S+2. The first-order chi connectivity index (χ1) is 13.4. The van der Waals surface area contributed by atoms with Gasteiger partial charge in [0.15, 0.2) is 0 Å². The third kappa shape index (κ3) is 4.71. The fraction of sp³-hybridized carbons (Fsp3) is 0.476. The molecular weight excluding hydrogens is 372 g/mol. The second kappa shape index (κ2) is 9.03. The molecule has 2 aromatic rings. The third-order valence-corrected chi connectivity index (χ3v) is 7.50. The fourth-order valence-corrected chi connectivity index (χ4v) is 5.25. The van der Waals surface area contributed by atoms with Crippen molar-refractivity contribution in [1.82, 2.24) is 4.31 Å². The van der Waals surface area contributed by atoms with Crippen LogP contribution in [-0.2, 0) is 16.6 Å². The number of hydrogen-bond donors (Lipinski definition) is 1. The van der Waals surface area contributed by atoms with Crippen molar-refractivity contribution in [1.29, 1.82) is 0 Å². The molecule has 6 nitrogen and oxygen atoms in total. The van der Waals surface area contributed by atoms with E-state index in [1.54, 1.807) is 17.2 Å². The standard InChI is InChI=1S/C21H30N4O2S/c1-4-25(5-2)28(26,27)20-9-10-21(22-16-20)24-13-11-23(12-14-24)17-19-8-6-7-18(3)15-19/h6-10,15-16H,4-5,11-14,17H2,1-3H3/p+2. The zero-order valence-electron chi connectivity index (χ0n) is 17.1. The first kappa shape index (κ1) is 20.8. The molecule has 3 rings (SSSR count). The van der Waals surface area contributed by atoms with E-state index in [-0.39, 0.29) is 0 Å². The highest BCUT2D eigenvalue weighted by Crippen LogP contribution is 2.16. The van der Waals surface area contributed by atoms with E-state index in [9.17, 15) is 8.42 Å². The van der Waals surface area contributed by atoms with Crippen molar-refractivity contribution in [3.05, 3.63) is 53.7 Å². The van der Waals surface area contributed by atoms with Gasteiger partial charge in [-0.1, -0.05) is 43.7 Å². The van der Waals surface area contributed by atoms with E-state index in [2.05, 4.69) is 41.1 Å². The number of nitrogens with zero attached hydrogens (tertiary/aromatic N) is 2. The largest absolute Gasteiger partial charge is 0.325 e. The number of rotatable bonds is 7. The van der Waals surface area contributed by atoms with Crippen LogP contribution in [0.15, 0.2) is 47.5 Å². The molecule has 0 radical (unpaired) electrons. The van der Waals surface area contributed by atoms with Gasteiger partial charge in [0.1, 0.15) is 43.8 Å². The van der Waals surface area contributed by atoms with Crippen LogP contribution in [0.3, 0.4) is 0 Å². The molecule has 0 saturated carbocycles. The van der Waals surface area contributed by atoms with Crippen molar-refractivity contribution in [2.24, 2.45) is 0 Å². The number of quaternary nitrogens is 1. The van der Waals surface area contributed by atoms with Crippen LogP contribution in [0, 0.1) is 6.92 Å². The van der Waals surface area contributed by atoms with Crippen LogP contribution in [0.4, 0.5) is 5.82 Å². The normalized spacial score (nSPS) is 15.9. The van der Waals surface area contributed by atoms with Crippen LogP contribution in [0.25, 0.3) is 0 Å². The van der Waals surface area contributed by atoms with E-state index < -0.39 is 10.0 Å². The highest BCUT2D eigenvalue weighted by atomic mass is 32.2. The van der Waals surface area contributed by atoms with Gasteiger partial charge >= 0.3 is 0 Å². The minimum Gasteiger partial charge on any atom is -0.325 e. The average Bonchev–Trinajstić information content (AvgIpc) is 2.69. The monoisotopic (exact) mass is 404 g/mol. The van der Waals surface area contributed by atoms with Crippen LogP contribution in [0.2, 0.25) is 0 Å². The first-order valence-electron chi connectivity index (χ1n) is 10.1. The van der Waals surface area contributed by atoms with Gasteiger partial charge in [-0.05, 0) is 13.0 Å². The van der Waals surface area contributed by atoms with Gasteiger partial charge in [-0.2, -0.15) is 4.31 Å². The number of nitrogens with one attached hydrogen (secondary N) is 2. The van der Waals surface area contributed by atoms with Gasteiger partial charge in [0.25, 0.3) is 5.82 Å². The third-order valence-electron chi connectivity index (χ3n) is 5.46. The van der Waals surface area contributed by atoms with E-state index in [1.165, 1.54) is 15.4 Å². The first-order valence-corrected chi connectivity index (χ1v) is 11.5. The molecule has 2 heterocycles. The minimum atomic E-state index is -3.42. The molecule has 0 aliphatic carbocycles. The van der Waals surface area contributed by atoms with Crippen LogP contribution >= 0.6 is 0 Å². The summed E-state index contributed by atoms with van der Waals surface area (Å²) >= 11 is 0. The van der Waals surface area contributed by atoms with Gasteiger partial charge in [-0.25, -0.2) is 13.4 Å². The van der Waals surface area contributed by atoms with Crippen molar-refractivity contribution in [3.63, 3.8) is 0 Å². The molecule has 0 spiro atoms. The number of benzene rings is 1. The molecule has 1 aromatic carbocycles. The van der Waals surface area contributed by atoms with E-state index in [0.29, 0.717) is 18.0 Å². The molecule has 7 heteroatoms. The summed E-state index contributed by atoms with van der Waals surface area (Å²) in [7, 11) is -3.42. The van der Waals surface area contributed by atoms with Gasteiger partial charge in [-0.3, -0.25) is 4.90 Å². The highest BCUT2D eigenvalue weighted by Gasteiger charge is 2.28. The molecule has 1 aromatic heterocycles.